The lowest BCUT2D eigenvalue weighted by atomic mass is 10.0. The van der Waals surface area contributed by atoms with Crippen LogP contribution in [0, 0.1) is 0 Å². The third-order valence-electron chi connectivity index (χ3n) is 4.92. The zero-order chi connectivity index (χ0) is 26.5. The largest absolute Gasteiger partial charge is 0.491 e. The summed E-state index contributed by atoms with van der Waals surface area (Å²) in [5.41, 5.74) is 2.08. The maximum absolute atomic E-state index is 12.9. The maximum atomic E-state index is 12.9. The normalized spacial score (nSPS) is 12.3. The van der Waals surface area contributed by atoms with Gasteiger partial charge in [-0.15, -0.1) is 0 Å². The number of hydroxylamine groups is 1. The van der Waals surface area contributed by atoms with Crippen molar-refractivity contribution in [2.24, 2.45) is 0 Å². The van der Waals surface area contributed by atoms with Gasteiger partial charge in [0.15, 0.2) is 12.2 Å². The van der Waals surface area contributed by atoms with Crippen molar-refractivity contribution in [3.63, 3.8) is 0 Å². The van der Waals surface area contributed by atoms with E-state index < -0.39 is 30.1 Å². The van der Waals surface area contributed by atoms with Gasteiger partial charge in [0.2, 0.25) is 0 Å². The van der Waals surface area contributed by atoms with Crippen molar-refractivity contribution in [3.05, 3.63) is 108 Å². The third-order valence-corrected chi connectivity index (χ3v) is 4.92. The van der Waals surface area contributed by atoms with Gasteiger partial charge in [0.1, 0.15) is 18.1 Å². The molecule has 0 aliphatic carbocycles. The lowest BCUT2D eigenvalue weighted by Gasteiger charge is -2.27. The fourth-order valence-corrected chi connectivity index (χ4v) is 3.29. The molecule has 37 heavy (non-hydrogen) atoms. The maximum Gasteiger partial charge on any atom is 0.414 e. The van der Waals surface area contributed by atoms with E-state index in [1.165, 1.54) is 23.7 Å². The molecule has 0 fully saturated rings. The molecule has 3 aromatic rings. The first-order chi connectivity index (χ1) is 18.0. The predicted molar refractivity (Wildman–Crippen MR) is 132 cm³/mol. The second kappa shape index (κ2) is 14.0. The summed E-state index contributed by atoms with van der Waals surface area (Å²) in [5, 5.41) is 20.3. The van der Waals surface area contributed by atoms with Gasteiger partial charge in [0, 0.05) is 17.2 Å². The fourth-order valence-electron chi connectivity index (χ4n) is 3.29. The quantitative estimate of drug-likeness (QED) is 0.176. The average molecular weight is 507 g/mol. The van der Waals surface area contributed by atoms with E-state index in [0.717, 1.165) is 6.08 Å². The van der Waals surface area contributed by atoms with Crippen LogP contribution in [0.4, 0.5) is 4.79 Å². The molecule has 0 heterocycles. The molecule has 2 atom stereocenters. The lowest BCUT2D eigenvalue weighted by molar-refractivity contribution is -0.124. The highest BCUT2D eigenvalue weighted by Gasteiger charge is 2.31. The fraction of sp³-hybridized carbons (Fsp3) is 0.148. The molecular formula is C27H26N2O8. The van der Waals surface area contributed by atoms with Crippen molar-refractivity contribution < 1.29 is 38.9 Å². The molecular weight excluding hydrogens is 480 g/mol. The van der Waals surface area contributed by atoms with Crippen molar-refractivity contribution in [1.82, 2.24) is 10.8 Å². The summed E-state index contributed by atoms with van der Waals surface area (Å²) >= 11 is 0. The van der Waals surface area contributed by atoms with Crippen LogP contribution in [0.1, 0.15) is 22.0 Å². The predicted octanol–water partition coefficient (Wildman–Crippen LogP) is 3.17. The van der Waals surface area contributed by atoms with Gasteiger partial charge < -0.3 is 19.3 Å². The SMILES string of the molecule is O=C(/C=C/[C@@H](Oc1ccccc1)[C@H](OC(=O)NC(=O)c1ccccc1)c1ccccc1OCCO)NO. The number of hydrogen-bond acceptors (Lipinski definition) is 8. The van der Waals surface area contributed by atoms with Crippen molar-refractivity contribution in [3.8, 4) is 11.5 Å². The lowest BCUT2D eigenvalue weighted by Crippen LogP contribution is -2.36. The third kappa shape index (κ3) is 8.20. The molecule has 0 saturated heterocycles. The van der Waals surface area contributed by atoms with Gasteiger partial charge in [-0.2, -0.15) is 0 Å². The minimum atomic E-state index is -1.23. The number of aliphatic hydroxyl groups is 1. The zero-order valence-corrected chi connectivity index (χ0v) is 19.7. The molecule has 10 nitrogen and oxygen atoms in total. The van der Waals surface area contributed by atoms with Crippen LogP contribution in [0.25, 0.3) is 0 Å². The minimum Gasteiger partial charge on any atom is -0.491 e. The first-order valence-electron chi connectivity index (χ1n) is 11.3. The molecule has 3 rings (SSSR count). The minimum absolute atomic E-state index is 0.0324. The van der Waals surface area contributed by atoms with Crippen LogP contribution in [-0.4, -0.2) is 47.5 Å². The Morgan fingerprint density at radius 1 is 0.892 bits per heavy atom. The number of para-hydroxylation sites is 2. The van der Waals surface area contributed by atoms with Gasteiger partial charge in [-0.3, -0.25) is 20.1 Å². The highest BCUT2D eigenvalue weighted by atomic mass is 16.6. The molecule has 192 valence electrons. The molecule has 0 spiro atoms. The van der Waals surface area contributed by atoms with Crippen molar-refractivity contribution in [2.45, 2.75) is 12.2 Å². The van der Waals surface area contributed by atoms with E-state index in [9.17, 15) is 19.5 Å². The van der Waals surface area contributed by atoms with Crippen LogP contribution in [-0.2, 0) is 9.53 Å². The molecule has 0 aliphatic heterocycles. The van der Waals surface area contributed by atoms with E-state index in [4.69, 9.17) is 19.4 Å². The Balaban J connectivity index is 1.97. The zero-order valence-electron chi connectivity index (χ0n) is 19.7. The van der Waals surface area contributed by atoms with E-state index >= 15 is 0 Å². The molecule has 10 heteroatoms. The monoisotopic (exact) mass is 506 g/mol. The summed E-state index contributed by atoms with van der Waals surface area (Å²) < 4.78 is 17.3. The van der Waals surface area contributed by atoms with Gasteiger partial charge >= 0.3 is 6.09 Å². The van der Waals surface area contributed by atoms with E-state index in [0.29, 0.717) is 11.3 Å². The number of benzene rings is 3. The van der Waals surface area contributed by atoms with Crippen molar-refractivity contribution in [2.75, 3.05) is 13.2 Å². The van der Waals surface area contributed by atoms with E-state index in [-0.39, 0.29) is 24.5 Å². The summed E-state index contributed by atoms with van der Waals surface area (Å²) in [6, 6.07) is 23.3. The molecule has 3 amide bonds. The van der Waals surface area contributed by atoms with Crippen LogP contribution in [0.2, 0.25) is 0 Å². The van der Waals surface area contributed by atoms with E-state index in [1.54, 1.807) is 72.8 Å². The number of aliphatic hydroxyl groups excluding tert-OH is 1. The number of imide groups is 1. The Labute approximate surface area is 213 Å². The number of alkyl carbamates (subject to hydrolysis) is 1. The summed E-state index contributed by atoms with van der Waals surface area (Å²) in [4.78, 5) is 37.1. The molecule has 0 bridgehead atoms. The second-order valence-electron chi connectivity index (χ2n) is 7.49. The molecule has 0 radical (unpaired) electrons. The van der Waals surface area contributed by atoms with Gasteiger partial charge in [-0.05, 0) is 36.4 Å². The van der Waals surface area contributed by atoms with Crippen LogP contribution in [0.15, 0.2) is 97.1 Å². The summed E-state index contributed by atoms with van der Waals surface area (Å²) in [6.45, 7) is -0.290. The number of amides is 3. The van der Waals surface area contributed by atoms with E-state index in [1.807, 2.05) is 0 Å². The van der Waals surface area contributed by atoms with Crippen LogP contribution < -0.4 is 20.3 Å². The first kappa shape index (κ1) is 26.9. The molecule has 3 aromatic carbocycles. The smallest absolute Gasteiger partial charge is 0.414 e. The van der Waals surface area contributed by atoms with Gasteiger partial charge in [-0.1, -0.05) is 54.6 Å². The number of carbonyl (C=O) groups excluding carboxylic acids is 3. The van der Waals surface area contributed by atoms with Gasteiger partial charge in [0.05, 0.1) is 6.61 Å². The Hall–Kier alpha value is -4.67. The Morgan fingerprint density at radius 2 is 1.54 bits per heavy atom. The highest BCUT2D eigenvalue weighted by molar-refractivity contribution is 6.02. The van der Waals surface area contributed by atoms with Gasteiger partial charge in [-0.25, -0.2) is 10.3 Å². The number of rotatable bonds is 11. The first-order valence-corrected chi connectivity index (χ1v) is 11.3. The Kier molecular flexibility index (Phi) is 10.2. The number of carbonyl (C=O) groups is 3. The number of nitrogens with one attached hydrogen (secondary N) is 2. The van der Waals surface area contributed by atoms with Crippen LogP contribution in [0.5, 0.6) is 11.5 Å². The number of hydrogen-bond donors (Lipinski definition) is 4. The average Bonchev–Trinajstić information content (AvgIpc) is 2.94. The summed E-state index contributed by atoms with van der Waals surface area (Å²) in [5.74, 6) is -0.839. The molecule has 4 N–H and O–H groups in total. The standard InChI is InChI=1S/C27H26N2O8/c30-17-18-35-22-14-8-7-13-21(22)25(37-27(33)28-26(32)19-9-3-1-4-10-19)23(15-16-24(31)29-34)36-20-11-5-2-6-12-20/h1-16,23,25,30,34H,17-18H2,(H,29,31)(H,28,32,33)/b16-15+/t23-,25-/m1/s1. The topological polar surface area (TPSA) is 143 Å². The van der Waals surface area contributed by atoms with Crippen LogP contribution >= 0.6 is 0 Å². The van der Waals surface area contributed by atoms with Crippen molar-refractivity contribution in [1.29, 1.82) is 0 Å². The van der Waals surface area contributed by atoms with E-state index in [2.05, 4.69) is 5.32 Å². The number of ether oxygens (including phenoxy) is 3. The molecule has 0 aromatic heterocycles. The Bertz CT molecular complexity index is 1200. The second-order valence-corrected chi connectivity index (χ2v) is 7.49. The highest BCUT2D eigenvalue weighted by Crippen LogP contribution is 2.33. The van der Waals surface area contributed by atoms with Gasteiger partial charge in [0.25, 0.3) is 11.8 Å². The molecule has 0 unspecified atom stereocenters. The molecule has 0 aliphatic rings. The van der Waals surface area contributed by atoms with Crippen LogP contribution in [0.3, 0.4) is 0 Å². The summed E-state index contributed by atoms with van der Waals surface area (Å²) in [6.07, 6.45) is -1.12. The van der Waals surface area contributed by atoms with Crippen molar-refractivity contribution >= 4 is 17.9 Å². The Morgan fingerprint density at radius 3 is 2.22 bits per heavy atom. The molecule has 0 saturated carbocycles. The summed E-state index contributed by atoms with van der Waals surface area (Å²) in [7, 11) is 0.